The Morgan fingerprint density at radius 3 is 1.52 bits per heavy atom. The van der Waals surface area contributed by atoms with Crippen molar-refractivity contribution in [3.63, 3.8) is 0 Å². The number of amides is 1. The van der Waals surface area contributed by atoms with Crippen LogP contribution in [0.15, 0.2) is 30.8 Å². The molecule has 1 aromatic carbocycles. The van der Waals surface area contributed by atoms with E-state index in [1.54, 1.807) is 0 Å². The molecule has 40 heavy (non-hydrogen) atoms. The van der Waals surface area contributed by atoms with Crippen molar-refractivity contribution in [3.05, 3.63) is 42.0 Å². The van der Waals surface area contributed by atoms with Crippen molar-refractivity contribution in [2.45, 2.75) is 26.3 Å². The van der Waals surface area contributed by atoms with Crippen LogP contribution in [0, 0.1) is 143 Å². The lowest BCUT2D eigenvalue weighted by molar-refractivity contribution is 0.180. The van der Waals surface area contributed by atoms with E-state index in [9.17, 15) is 4.79 Å². The van der Waals surface area contributed by atoms with Crippen molar-refractivity contribution < 1.29 is 9.53 Å². The normalized spacial score (nSPS) is 6.85. The largest absolute Gasteiger partial charge is 0.421 e. The van der Waals surface area contributed by atoms with Crippen LogP contribution in [0.3, 0.4) is 0 Å². The van der Waals surface area contributed by atoms with Gasteiger partial charge in [-0.25, -0.2) is 4.79 Å². The number of allylic oxidation sites excluding steroid dienone is 1. The van der Waals surface area contributed by atoms with E-state index in [1.165, 1.54) is 0 Å². The summed E-state index contributed by atoms with van der Waals surface area (Å²) < 4.78 is 4.85. The van der Waals surface area contributed by atoms with E-state index >= 15 is 0 Å². The first-order valence-electron chi connectivity index (χ1n) is 11.1. The van der Waals surface area contributed by atoms with Gasteiger partial charge in [-0.15, -0.1) is 6.42 Å². The summed E-state index contributed by atoms with van der Waals surface area (Å²) in [5.41, 5.74) is 2.14. The molecule has 0 fully saturated rings. The van der Waals surface area contributed by atoms with Crippen molar-refractivity contribution in [3.8, 4) is 143 Å². The molecule has 0 spiro atoms. The lowest BCUT2D eigenvalue weighted by Crippen LogP contribution is -2.40. The molecule has 0 unspecified atom stereocenters. The number of nitrogens with one attached hydrogen (secondary N) is 1. The molecule has 182 valence electrons. The summed E-state index contributed by atoms with van der Waals surface area (Å²) in [5.74, 6) is 53.8. The van der Waals surface area contributed by atoms with Gasteiger partial charge in [-0.3, -0.25) is 0 Å². The second-order valence-electron chi connectivity index (χ2n) is 7.37. The van der Waals surface area contributed by atoms with Gasteiger partial charge in [0.2, 0.25) is 0 Å². The van der Waals surface area contributed by atoms with Gasteiger partial charge in [-0.05, 0) is 85.3 Å². The number of alkyl carbamates (subject to hydrolysis) is 1. The minimum absolute atomic E-state index is 0.678. The van der Waals surface area contributed by atoms with E-state index in [-0.39, 0.29) is 0 Å². The molecule has 0 radical (unpaired) electrons. The molecule has 0 aliphatic heterocycles. The van der Waals surface area contributed by atoms with E-state index in [1.807, 2.05) is 45.0 Å². The Labute approximate surface area is 237 Å². The van der Waals surface area contributed by atoms with Gasteiger partial charge >= 0.3 is 6.09 Å². The Hall–Kier alpha value is -7.05. The molecule has 0 atom stereocenters. The minimum Gasteiger partial charge on any atom is -0.355 e. The summed E-state index contributed by atoms with van der Waals surface area (Å²) in [6, 6.07) is 7.74. The molecule has 3 nitrogen and oxygen atoms in total. The molecule has 0 aliphatic rings. The summed E-state index contributed by atoms with van der Waals surface area (Å²) in [6.45, 7) is 9.57. The zero-order valence-electron chi connectivity index (χ0n) is 21.9. The lowest BCUT2D eigenvalue weighted by Gasteiger charge is -2.26. The topological polar surface area (TPSA) is 38.3 Å². The number of terminal acetylenes is 1. The number of hydrogen-bond acceptors (Lipinski definition) is 2. The molecule has 0 heterocycles. The molecular weight excluding hydrogens is 490 g/mol. The minimum atomic E-state index is -0.697. The van der Waals surface area contributed by atoms with Crippen LogP contribution in [0.5, 0.6) is 0 Å². The Balaban J connectivity index is 2.49. The predicted octanol–water partition coefficient (Wildman–Crippen LogP) is 3.31. The molecule has 0 bridgehead atoms. The molecule has 1 rings (SSSR count). The lowest BCUT2D eigenvalue weighted by atomic mass is 9.92. The maximum atomic E-state index is 12.1. The van der Waals surface area contributed by atoms with Crippen LogP contribution in [-0.4, -0.2) is 6.09 Å². The number of ether oxygens (including phenoxy) is 1. The molecule has 0 saturated carbocycles. The Bertz CT molecular complexity index is 1940. The van der Waals surface area contributed by atoms with Crippen LogP contribution >= 0.6 is 0 Å². The van der Waals surface area contributed by atoms with E-state index in [0.717, 1.165) is 16.7 Å². The van der Waals surface area contributed by atoms with Gasteiger partial charge in [0.25, 0.3) is 0 Å². The van der Waals surface area contributed by atoms with Crippen LogP contribution < -0.4 is 5.32 Å². The molecule has 1 N–H and O–H groups in total. The summed E-state index contributed by atoms with van der Waals surface area (Å²) in [7, 11) is 0. The van der Waals surface area contributed by atoms with E-state index < -0.39 is 11.6 Å². The number of carbonyl (C=O) groups excluding carboxylic acids is 1. The average Bonchev–Trinajstić information content (AvgIpc) is 2.93. The molecule has 0 saturated heterocycles. The molecular formula is C37H17NO2. The number of benzene rings is 1. The number of rotatable bonds is 3. The van der Waals surface area contributed by atoms with E-state index in [4.69, 9.17) is 11.2 Å². The van der Waals surface area contributed by atoms with E-state index in [0.29, 0.717) is 0 Å². The second kappa shape index (κ2) is 19.2. The smallest absolute Gasteiger partial charge is 0.355 e. The van der Waals surface area contributed by atoms with Gasteiger partial charge in [0.1, 0.15) is 6.11 Å². The fourth-order valence-corrected chi connectivity index (χ4v) is 2.25. The first kappa shape index (κ1) is 31.0. The monoisotopic (exact) mass is 507 g/mol. The van der Waals surface area contributed by atoms with Gasteiger partial charge in [-0.2, -0.15) is 0 Å². The maximum absolute atomic E-state index is 12.1. The van der Waals surface area contributed by atoms with Crippen molar-refractivity contribution in [2.24, 2.45) is 0 Å². The quantitative estimate of drug-likeness (QED) is 0.638. The first-order valence-corrected chi connectivity index (χ1v) is 11.1. The van der Waals surface area contributed by atoms with E-state index in [2.05, 4.69) is 148 Å². The highest BCUT2D eigenvalue weighted by Gasteiger charge is 2.23. The Morgan fingerprint density at radius 1 is 0.725 bits per heavy atom. The zero-order chi connectivity index (χ0) is 29.3. The average molecular weight is 508 g/mol. The van der Waals surface area contributed by atoms with Gasteiger partial charge in [0, 0.05) is 82.9 Å². The molecule has 0 aromatic heterocycles. The maximum Gasteiger partial charge on any atom is 0.421 e. The van der Waals surface area contributed by atoms with Crippen molar-refractivity contribution >= 4 is 11.7 Å². The van der Waals surface area contributed by atoms with Crippen molar-refractivity contribution in [1.29, 1.82) is 0 Å². The Morgan fingerprint density at radius 2 is 1.12 bits per heavy atom. The third kappa shape index (κ3) is 15.0. The Kier molecular flexibility index (Phi) is 14.9. The van der Waals surface area contributed by atoms with Crippen LogP contribution in [0.2, 0.25) is 0 Å². The molecule has 1 amide bonds. The SMILES string of the molecule is C#CC#CC#CC#CC#CC#CC#CC#CC#CC#CC#CC#COC(=O)NC(C)(C)c1cccc(C(=C)C)c1. The highest BCUT2D eigenvalue weighted by Crippen LogP contribution is 2.23. The van der Waals surface area contributed by atoms with Crippen LogP contribution in [0.25, 0.3) is 5.57 Å². The van der Waals surface area contributed by atoms with Crippen LogP contribution in [0.1, 0.15) is 31.9 Å². The fourth-order valence-electron chi connectivity index (χ4n) is 2.25. The van der Waals surface area contributed by atoms with Gasteiger partial charge < -0.3 is 10.1 Å². The fraction of sp³-hybridized carbons (Fsp3) is 0.108. The summed E-state index contributed by atoms with van der Waals surface area (Å²) in [4.78, 5) is 12.1. The highest BCUT2D eigenvalue weighted by atomic mass is 16.5. The number of hydrogen-bond donors (Lipinski definition) is 1. The summed E-state index contributed by atoms with van der Waals surface area (Å²) in [5, 5.41) is 2.76. The third-order valence-corrected chi connectivity index (χ3v) is 4.01. The third-order valence-electron chi connectivity index (χ3n) is 4.01. The first-order chi connectivity index (χ1) is 19.4. The summed E-state index contributed by atoms with van der Waals surface area (Å²) >= 11 is 0. The second-order valence-corrected chi connectivity index (χ2v) is 7.37. The van der Waals surface area contributed by atoms with Crippen molar-refractivity contribution in [2.75, 3.05) is 0 Å². The van der Waals surface area contributed by atoms with Gasteiger partial charge in [-0.1, -0.05) is 30.4 Å². The highest BCUT2D eigenvalue weighted by molar-refractivity contribution is 5.70. The zero-order valence-corrected chi connectivity index (χ0v) is 21.9. The predicted molar refractivity (Wildman–Crippen MR) is 158 cm³/mol. The van der Waals surface area contributed by atoms with Gasteiger partial charge in [0.15, 0.2) is 0 Å². The van der Waals surface area contributed by atoms with Crippen molar-refractivity contribution in [1.82, 2.24) is 5.32 Å². The summed E-state index contributed by atoms with van der Waals surface area (Å²) in [6.07, 6.45) is 6.46. The molecule has 1 aromatic rings. The number of carbonyl (C=O) groups is 1. The van der Waals surface area contributed by atoms with Crippen LogP contribution in [0.4, 0.5) is 4.79 Å². The van der Waals surface area contributed by atoms with Gasteiger partial charge in [0.05, 0.1) is 5.54 Å². The standard InChI is InChI=1S/C37H17NO2/c1-6-7-8-9-10-11-12-13-14-15-16-17-18-19-20-21-22-23-24-25-26-27-31-40-36(39)38-37(4,5)35-30-28-29-34(32-35)33(2)3/h1,28-30,32H,2H2,3-5H3,(H,38,39). The molecule has 3 heteroatoms. The molecule has 0 aliphatic carbocycles. The van der Waals surface area contributed by atoms with Crippen LogP contribution in [-0.2, 0) is 10.3 Å².